The summed E-state index contributed by atoms with van der Waals surface area (Å²) in [4.78, 5) is 15.7. The monoisotopic (exact) mass is 380 g/mol. The number of fused-ring (bicyclic) bond motifs is 4. The molecule has 0 fully saturated rings. The van der Waals surface area contributed by atoms with Gasteiger partial charge >= 0.3 is 0 Å². The van der Waals surface area contributed by atoms with Crippen LogP contribution in [0.2, 0.25) is 0 Å². The number of likely N-dealkylation sites (N-methyl/N-ethyl adjacent to an activating group) is 1. The third-order valence-electron chi connectivity index (χ3n) is 5.32. The van der Waals surface area contributed by atoms with Crippen molar-refractivity contribution in [2.45, 2.75) is 20.4 Å². The van der Waals surface area contributed by atoms with Crippen LogP contribution in [0, 0.1) is 0 Å². The summed E-state index contributed by atoms with van der Waals surface area (Å²) >= 11 is 1.69. The van der Waals surface area contributed by atoms with Gasteiger partial charge in [0, 0.05) is 28.6 Å². The zero-order valence-corrected chi connectivity index (χ0v) is 16.8. The number of nitrogens with zero attached hydrogens (tertiary/aromatic N) is 2. The van der Waals surface area contributed by atoms with E-state index in [0.717, 1.165) is 63.1 Å². The van der Waals surface area contributed by atoms with Crippen molar-refractivity contribution in [2.75, 3.05) is 26.7 Å². The molecule has 0 amide bonds. The van der Waals surface area contributed by atoms with Crippen molar-refractivity contribution in [1.82, 2.24) is 9.47 Å². The summed E-state index contributed by atoms with van der Waals surface area (Å²) < 4.78 is 9.72. The second kappa shape index (κ2) is 7.33. The van der Waals surface area contributed by atoms with E-state index in [1.807, 2.05) is 30.3 Å². The van der Waals surface area contributed by atoms with Crippen LogP contribution in [0.4, 0.5) is 0 Å². The minimum absolute atomic E-state index is 0.120. The van der Waals surface area contributed by atoms with Crippen LogP contribution in [-0.2, 0) is 6.54 Å². The van der Waals surface area contributed by atoms with Gasteiger partial charge in [-0.1, -0.05) is 26.0 Å². The van der Waals surface area contributed by atoms with Crippen LogP contribution >= 0.6 is 11.3 Å². The Kier molecular flexibility index (Phi) is 4.89. The van der Waals surface area contributed by atoms with E-state index in [1.165, 1.54) is 0 Å². The second-order valence-electron chi connectivity index (χ2n) is 6.67. The molecule has 0 spiro atoms. The van der Waals surface area contributed by atoms with Gasteiger partial charge in [0.15, 0.2) is 0 Å². The van der Waals surface area contributed by atoms with Crippen molar-refractivity contribution < 1.29 is 4.74 Å². The number of rotatable bonds is 6. The van der Waals surface area contributed by atoms with Gasteiger partial charge in [0.05, 0.1) is 17.3 Å². The molecule has 0 unspecified atom stereocenters. The number of benzene rings is 2. The molecule has 2 aromatic heterocycles. The maximum atomic E-state index is 13.4. The quantitative estimate of drug-likeness (QED) is 0.485. The van der Waals surface area contributed by atoms with Gasteiger partial charge in [-0.3, -0.25) is 4.79 Å². The highest BCUT2D eigenvalue weighted by Crippen LogP contribution is 2.35. The minimum Gasteiger partial charge on any atom is -0.497 e. The number of aromatic nitrogens is 1. The number of ether oxygens (including phenoxy) is 1. The van der Waals surface area contributed by atoms with E-state index in [9.17, 15) is 4.79 Å². The molecular weight excluding hydrogens is 356 g/mol. The fourth-order valence-electron chi connectivity index (χ4n) is 3.75. The topological polar surface area (TPSA) is 34.5 Å². The lowest BCUT2D eigenvalue weighted by Gasteiger charge is -2.19. The van der Waals surface area contributed by atoms with Gasteiger partial charge in [0.1, 0.15) is 11.3 Å². The summed E-state index contributed by atoms with van der Waals surface area (Å²) in [6.07, 6.45) is 0. The summed E-state index contributed by atoms with van der Waals surface area (Å²) in [5.74, 6) is 0.818. The summed E-state index contributed by atoms with van der Waals surface area (Å²) in [6.45, 7) is 8.10. The molecule has 4 rings (SSSR count). The van der Waals surface area contributed by atoms with Crippen LogP contribution in [0.15, 0.2) is 47.3 Å². The van der Waals surface area contributed by atoms with Gasteiger partial charge in [-0.05, 0) is 43.4 Å². The second-order valence-corrected chi connectivity index (χ2v) is 7.72. The summed E-state index contributed by atoms with van der Waals surface area (Å²) in [6, 6.07) is 14.0. The van der Waals surface area contributed by atoms with Gasteiger partial charge in [-0.25, -0.2) is 0 Å². The molecule has 0 saturated carbocycles. The van der Waals surface area contributed by atoms with Gasteiger partial charge in [-0.15, -0.1) is 11.3 Å². The zero-order valence-electron chi connectivity index (χ0n) is 16.0. The normalized spacial score (nSPS) is 11.9. The zero-order chi connectivity index (χ0) is 19.0. The Balaban J connectivity index is 2.03. The first kappa shape index (κ1) is 18.0. The Morgan fingerprint density at radius 2 is 1.85 bits per heavy atom. The van der Waals surface area contributed by atoms with E-state index >= 15 is 0 Å². The first-order valence-electron chi connectivity index (χ1n) is 9.42. The third kappa shape index (κ3) is 3.01. The van der Waals surface area contributed by atoms with Crippen molar-refractivity contribution in [3.05, 3.63) is 52.7 Å². The van der Waals surface area contributed by atoms with Gasteiger partial charge < -0.3 is 14.2 Å². The molecule has 0 bridgehead atoms. The first-order valence-corrected chi connectivity index (χ1v) is 10.2. The molecule has 0 atom stereocenters. The van der Waals surface area contributed by atoms with Gasteiger partial charge in [0.25, 0.3) is 0 Å². The van der Waals surface area contributed by atoms with Crippen molar-refractivity contribution >= 4 is 42.5 Å². The van der Waals surface area contributed by atoms with Crippen LogP contribution in [0.1, 0.15) is 13.8 Å². The van der Waals surface area contributed by atoms with E-state index in [-0.39, 0.29) is 5.43 Å². The molecule has 2 heterocycles. The van der Waals surface area contributed by atoms with Crippen LogP contribution < -0.4 is 10.2 Å². The Bertz CT molecular complexity index is 1170. The molecule has 0 aliphatic heterocycles. The Morgan fingerprint density at radius 3 is 2.59 bits per heavy atom. The molecule has 4 nitrogen and oxygen atoms in total. The fraction of sp³-hybridized carbons (Fsp3) is 0.318. The maximum absolute atomic E-state index is 13.4. The average molecular weight is 381 g/mol. The highest BCUT2D eigenvalue weighted by atomic mass is 32.1. The average Bonchev–Trinajstić information content (AvgIpc) is 3.02. The molecule has 0 radical (unpaired) electrons. The molecule has 2 aromatic carbocycles. The predicted molar refractivity (Wildman–Crippen MR) is 115 cm³/mol. The Hall–Kier alpha value is -2.37. The largest absolute Gasteiger partial charge is 0.497 e. The minimum atomic E-state index is 0.120. The SMILES string of the molecule is CCN(CC)CCn1c2ccc(OC)cc2c2sc3ccccc3c(=O)c21. The molecule has 140 valence electrons. The van der Waals surface area contributed by atoms with E-state index in [1.54, 1.807) is 18.4 Å². The molecule has 0 saturated heterocycles. The van der Waals surface area contributed by atoms with Crippen molar-refractivity contribution in [1.29, 1.82) is 0 Å². The molecule has 5 heteroatoms. The molecule has 27 heavy (non-hydrogen) atoms. The lowest BCUT2D eigenvalue weighted by Crippen LogP contribution is -2.27. The summed E-state index contributed by atoms with van der Waals surface area (Å²) in [7, 11) is 1.68. The van der Waals surface area contributed by atoms with Crippen LogP contribution in [0.25, 0.3) is 31.2 Å². The Labute approximate surface area is 162 Å². The Morgan fingerprint density at radius 1 is 1.07 bits per heavy atom. The van der Waals surface area contributed by atoms with Crippen LogP contribution in [-0.4, -0.2) is 36.2 Å². The highest BCUT2D eigenvalue weighted by Gasteiger charge is 2.17. The molecule has 0 N–H and O–H groups in total. The molecule has 0 aliphatic carbocycles. The van der Waals surface area contributed by atoms with E-state index in [0.29, 0.717) is 0 Å². The van der Waals surface area contributed by atoms with Gasteiger partial charge in [-0.2, -0.15) is 0 Å². The van der Waals surface area contributed by atoms with E-state index in [4.69, 9.17) is 4.74 Å². The smallest absolute Gasteiger partial charge is 0.212 e. The van der Waals surface area contributed by atoms with Crippen molar-refractivity contribution in [3.63, 3.8) is 0 Å². The summed E-state index contributed by atoms with van der Waals surface area (Å²) in [5.41, 5.74) is 2.03. The lowest BCUT2D eigenvalue weighted by atomic mass is 10.2. The maximum Gasteiger partial charge on any atom is 0.212 e. The van der Waals surface area contributed by atoms with Crippen LogP contribution in [0.5, 0.6) is 5.75 Å². The molecule has 4 aromatic rings. The number of methoxy groups -OCH3 is 1. The van der Waals surface area contributed by atoms with Crippen LogP contribution in [0.3, 0.4) is 0 Å². The highest BCUT2D eigenvalue weighted by molar-refractivity contribution is 7.25. The van der Waals surface area contributed by atoms with Crippen molar-refractivity contribution in [2.24, 2.45) is 0 Å². The van der Waals surface area contributed by atoms with Gasteiger partial charge in [0.2, 0.25) is 5.43 Å². The summed E-state index contributed by atoms with van der Waals surface area (Å²) in [5, 5.41) is 1.89. The van der Waals surface area contributed by atoms with E-state index < -0.39 is 0 Å². The van der Waals surface area contributed by atoms with E-state index in [2.05, 4.69) is 35.4 Å². The first-order chi connectivity index (χ1) is 13.2. The third-order valence-corrected chi connectivity index (χ3v) is 6.51. The predicted octanol–water partition coefficient (Wildman–Crippen LogP) is 4.72. The standard InChI is InChI=1S/C22H24N2O2S/c1-4-23(5-2)12-13-24-18-11-10-15(26-3)14-17(18)22-20(24)21(25)16-8-6-7-9-19(16)27-22/h6-11,14H,4-5,12-13H2,1-3H3. The number of hydrogen-bond donors (Lipinski definition) is 0. The molecule has 0 aliphatic rings. The number of hydrogen-bond acceptors (Lipinski definition) is 4. The molecular formula is C22H24N2O2S. The van der Waals surface area contributed by atoms with Crippen molar-refractivity contribution in [3.8, 4) is 5.75 Å². The lowest BCUT2D eigenvalue weighted by molar-refractivity contribution is 0.293. The fourth-order valence-corrected chi connectivity index (χ4v) is 4.96.